The van der Waals surface area contributed by atoms with E-state index in [2.05, 4.69) is 15.1 Å². The van der Waals surface area contributed by atoms with Crippen molar-refractivity contribution in [2.75, 3.05) is 45.3 Å². The third-order valence-electron chi connectivity index (χ3n) is 4.71. The number of hydrogen-bond acceptors (Lipinski definition) is 6. The molecule has 0 N–H and O–H groups in total. The lowest BCUT2D eigenvalue weighted by atomic mass is 10.1. The standard InChI is InChI=1S/C18H26N6O2/c1-13-15(5-6-18(25)23-7-9-26-10-8-23)14(2)24(21-13)17-11-16(22(3)4)19-12-20-17/h11-12H,5-10H2,1-4H3. The molecule has 0 atom stereocenters. The number of anilines is 1. The topological polar surface area (TPSA) is 76.4 Å². The molecule has 3 heterocycles. The maximum Gasteiger partial charge on any atom is 0.223 e. The highest BCUT2D eigenvalue weighted by molar-refractivity contribution is 5.76. The van der Waals surface area contributed by atoms with Crippen molar-refractivity contribution in [3.05, 3.63) is 29.3 Å². The van der Waals surface area contributed by atoms with Gasteiger partial charge >= 0.3 is 0 Å². The van der Waals surface area contributed by atoms with Gasteiger partial charge in [0.1, 0.15) is 12.1 Å². The quantitative estimate of drug-likeness (QED) is 0.798. The molecule has 26 heavy (non-hydrogen) atoms. The van der Waals surface area contributed by atoms with E-state index in [0.717, 1.165) is 28.6 Å². The van der Waals surface area contributed by atoms with Crippen LogP contribution in [0, 0.1) is 13.8 Å². The Labute approximate surface area is 153 Å². The van der Waals surface area contributed by atoms with Crippen LogP contribution in [0.3, 0.4) is 0 Å². The normalized spacial score (nSPS) is 14.5. The maximum atomic E-state index is 12.4. The van der Waals surface area contributed by atoms with Gasteiger partial charge in [0.2, 0.25) is 5.91 Å². The predicted octanol–water partition coefficient (Wildman–Crippen LogP) is 1.14. The van der Waals surface area contributed by atoms with Crippen LogP contribution in [0.4, 0.5) is 5.82 Å². The number of carbonyl (C=O) groups excluding carboxylic acids is 1. The van der Waals surface area contributed by atoms with Gasteiger partial charge in [0.25, 0.3) is 0 Å². The van der Waals surface area contributed by atoms with Crippen molar-refractivity contribution in [1.29, 1.82) is 0 Å². The molecule has 1 saturated heterocycles. The molecule has 0 saturated carbocycles. The van der Waals surface area contributed by atoms with Crippen molar-refractivity contribution >= 4 is 11.7 Å². The van der Waals surface area contributed by atoms with Crippen LogP contribution in [0.15, 0.2) is 12.4 Å². The van der Waals surface area contributed by atoms with Crippen LogP contribution < -0.4 is 4.90 Å². The minimum Gasteiger partial charge on any atom is -0.378 e. The van der Waals surface area contributed by atoms with E-state index >= 15 is 0 Å². The number of hydrogen-bond donors (Lipinski definition) is 0. The summed E-state index contributed by atoms with van der Waals surface area (Å²) in [7, 11) is 3.88. The number of rotatable bonds is 5. The summed E-state index contributed by atoms with van der Waals surface area (Å²) in [6.07, 6.45) is 2.71. The van der Waals surface area contributed by atoms with Crippen LogP contribution in [0.1, 0.15) is 23.4 Å². The van der Waals surface area contributed by atoms with Crippen LogP contribution in [0.25, 0.3) is 5.82 Å². The van der Waals surface area contributed by atoms with Crippen molar-refractivity contribution in [3.8, 4) is 5.82 Å². The molecule has 0 unspecified atom stereocenters. The summed E-state index contributed by atoms with van der Waals surface area (Å²) in [5, 5.41) is 4.63. The van der Waals surface area contributed by atoms with Gasteiger partial charge in [-0.05, 0) is 25.8 Å². The molecule has 1 aliphatic heterocycles. The average molecular weight is 358 g/mol. The van der Waals surface area contributed by atoms with Gasteiger partial charge in [-0.25, -0.2) is 14.6 Å². The molecule has 8 nitrogen and oxygen atoms in total. The Balaban J connectivity index is 1.75. The molecule has 0 aliphatic carbocycles. The van der Waals surface area contributed by atoms with E-state index in [9.17, 15) is 4.79 Å². The zero-order chi connectivity index (χ0) is 18.7. The van der Waals surface area contributed by atoms with E-state index in [0.29, 0.717) is 39.1 Å². The first-order chi connectivity index (χ1) is 12.5. The summed E-state index contributed by atoms with van der Waals surface area (Å²) in [5.74, 6) is 1.73. The van der Waals surface area contributed by atoms with E-state index in [4.69, 9.17) is 4.74 Å². The lowest BCUT2D eigenvalue weighted by Gasteiger charge is -2.26. The zero-order valence-electron chi connectivity index (χ0n) is 15.9. The first kappa shape index (κ1) is 18.3. The summed E-state index contributed by atoms with van der Waals surface area (Å²) in [6.45, 7) is 6.62. The van der Waals surface area contributed by atoms with Gasteiger partial charge in [0, 0.05) is 45.4 Å². The molecule has 0 aromatic carbocycles. The van der Waals surface area contributed by atoms with E-state index in [1.54, 1.807) is 6.33 Å². The number of aryl methyl sites for hydroxylation is 1. The van der Waals surface area contributed by atoms with E-state index in [1.165, 1.54) is 0 Å². The van der Waals surface area contributed by atoms with Crippen LogP contribution in [-0.2, 0) is 16.0 Å². The molecule has 140 valence electrons. The van der Waals surface area contributed by atoms with Crippen molar-refractivity contribution in [1.82, 2.24) is 24.6 Å². The second-order valence-corrected chi connectivity index (χ2v) is 6.68. The Kier molecular flexibility index (Phi) is 5.51. The predicted molar refractivity (Wildman–Crippen MR) is 98.7 cm³/mol. The molecule has 1 amide bonds. The SMILES string of the molecule is Cc1nn(-c2cc(N(C)C)ncn2)c(C)c1CCC(=O)N1CCOCC1. The fraction of sp³-hybridized carbons (Fsp3) is 0.556. The van der Waals surface area contributed by atoms with Gasteiger partial charge in [-0.2, -0.15) is 5.10 Å². The fourth-order valence-electron chi connectivity index (χ4n) is 3.16. The summed E-state index contributed by atoms with van der Waals surface area (Å²) < 4.78 is 7.14. The van der Waals surface area contributed by atoms with E-state index in [1.807, 2.05) is 48.5 Å². The van der Waals surface area contributed by atoms with Gasteiger partial charge in [0.15, 0.2) is 5.82 Å². The summed E-state index contributed by atoms with van der Waals surface area (Å²) in [5.41, 5.74) is 3.06. The fourth-order valence-corrected chi connectivity index (χ4v) is 3.16. The number of aromatic nitrogens is 4. The number of ether oxygens (including phenoxy) is 1. The Bertz CT molecular complexity index is 780. The van der Waals surface area contributed by atoms with Crippen LogP contribution in [0.5, 0.6) is 0 Å². The van der Waals surface area contributed by atoms with Crippen molar-refractivity contribution in [2.24, 2.45) is 0 Å². The van der Waals surface area contributed by atoms with Gasteiger partial charge < -0.3 is 14.5 Å². The second-order valence-electron chi connectivity index (χ2n) is 6.68. The number of carbonyl (C=O) groups is 1. The van der Waals surface area contributed by atoms with Crippen LogP contribution in [-0.4, -0.2) is 71.0 Å². The van der Waals surface area contributed by atoms with Gasteiger partial charge in [-0.1, -0.05) is 0 Å². The largest absolute Gasteiger partial charge is 0.378 e. The van der Waals surface area contributed by atoms with Gasteiger partial charge in [-0.3, -0.25) is 4.79 Å². The average Bonchev–Trinajstić information content (AvgIpc) is 2.94. The Morgan fingerprint density at radius 3 is 2.65 bits per heavy atom. The molecule has 1 fully saturated rings. The number of morpholine rings is 1. The summed E-state index contributed by atoms with van der Waals surface area (Å²) >= 11 is 0. The molecule has 0 radical (unpaired) electrons. The summed E-state index contributed by atoms with van der Waals surface area (Å²) in [4.78, 5) is 24.8. The smallest absolute Gasteiger partial charge is 0.223 e. The first-order valence-corrected chi connectivity index (χ1v) is 8.87. The molecule has 0 bridgehead atoms. The van der Waals surface area contributed by atoms with Crippen molar-refractivity contribution in [3.63, 3.8) is 0 Å². The van der Waals surface area contributed by atoms with Gasteiger partial charge in [-0.15, -0.1) is 0 Å². The van der Waals surface area contributed by atoms with E-state index < -0.39 is 0 Å². The van der Waals surface area contributed by atoms with Crippen LogP contribution in [0.2, 0.25) is 0 Å². The minimum atomic E-state index is 0.178. The molecular weight excluding hydrogens is 332 g/mol. The highest BCUT2D eigenvalue weighted by atomic mass is 16.5. The highest BCUT2D eigenvalue weighted by Gasteiger charge is 2.19. The minimum absolute atomic E-state index is 0.178. The monoisotopic (exact) mass is 358 g/mol. The zero-order valence-corrected chi connectivity index (χ0v) is 15.9. The second kappa shape index (κ2) is 7.82. The summed E-state index contributed by atoms with van der Waals surface area (Å²) in [6, 6.07) is 1.90. The Morgan fingerprint density at radius 1 is 1.23 bits per heavy atom. The number of amides is 1. The first-order valence-electron chi connectivity index (χ1n) is 8.87. The maximum absolute atomic E-state index is 12.4. The lowest BCUT2D eigenvalue weighted by Crippen LogP contribution is -2.40. The molecular formula is C18H26N6O2. The number of nitrogens with zero attached hydrogens (tertiary/aromatic N) is 6. The lowest BCUT2D eigenvalue weighted by molar-refractivity contribution is -0.135. The molecule has 2 aromatic rings. The highest BCUT2D eigenvalue weighted by Crippen LogP contribution is 2.20. The van der Waals surface area contributed by atoms with E-state index in [-0.39, 0.29) is 5.91 Å². The molecule has 1 aliphatic rings. The molecule has 2 aromatic heterocycles. The Hall–Kier alpha value is -2.48. The van der Waals surface area contributed by atoms with Crippen LogP contribution >= 0.6 is 0 Å². The third-order valence-corrected chi connectivity index (χ3v) is 4.71. The Morgan fingerprint density at radius 2 is 1.96 bits per heavy atom. The van der Waals surface area contributed by atoms with Crippen molar-refractivity contribution < 1.29 is 9.53 Å². The molecule has 0 spiro atoms. The molecule has 3 rings (SSSR count). The van der Waals surface area contributed by atoms with Crippen molar-refractivity contribution in [2.45, 2.75) is 26.7 Å². The van der Waals surface area contributed by atoms with Gasteiger partial charge in [0.05, 0.1) is 18.9 Å². The third kappa shape index (κ3) is 3.85. The molecule has 8 heteroatoms.